The van der Waals surface area contributed by atoms with Crippen LogP contribution in [0.3, 0.4) is 0 Å². The van der Waals surface area contributed by atoms with Crippen molar-refractivity contribution in [3.8, 4) is 11.5 Å². The van der Waals surface area contributed by atoms with Crippen LogP contribution in [-0.4, -0.2) is 18.3 Å². The van der Waals surface area contributed by atoms with Crippen molar-refractivity contribution >= 4 is 11.6 Å². The van der Waals surface area contributed by atoms with E-state index >= 15 is 0 Å². The SMILES string of the molecule is CC(C)(C)C(O)c1cc(Cl)c2c(c1)OCCCO2. The number of hydrogen-bond acceptors (Lipinski definition) is 3. The summed E-state index contributed by atoms with van der Waals surface area (Å²) in [4.78, 5) is 0. The zero-order valence-electron chi connectivity index (χ0n) is 11.0. The maximum Gasteiger partial charge on any atom is 0.179 e. The van der Waals surface area contributed by atoms with Gasteiger partial charge in [-0.3, -0.25) is 0 Å². The molecular formula is C14H19ClO3. The molecule has 0 saturated heterocycles. The Kier molecular flexibility index (Phi) is 3.74. The summed E-state index contributed by atoms with van der Waals surface area (Å²) in [5.74, 6) is 1.21. The van der Waals surface area contributed by atoms with Crippen molar-refractivity contribution in [2.75, 3.05) is 13.2 Å². The Morgan fingerprint density at radius 1 is 1.22 bits per heavy atom. The first-order chi connectivity index (χ1) is 8.39. The van der Waals surface area contributed by atoms with Crippen LogP contribution in [-0.2, 0) is 0 Å². The first kappa shape index (κ1) is 13.5. The number of halogens is 1. The molecule has 3 nitrogen and oxygen atoms in total. The molecule has 18 heavy (non-hydrogen) atoms. The summed E-state index contributed by atoms with van der Waals surface area (Å²) in [5.41, 5.74) is 0.514. The minimum Gasteiger partial charge on any atom is -0.489 e. The first-order valence-corrected chi connectivity index (χ1v) is 6.54. The minimum atomic E-state index is -0.591. The molecule has 0 aromatic heterocycles. The maximum absolute atomic E-state index is 10.3. The van der Waals surface area contributed by atoms with Crippen molar-refractivity contribution in [2.24, 2.45) is 5.41 Å². The standard InChI is InChI=1S/C14H19ClO3/c1-14(2,3)13(16)9-7-10(15)12-11(8-9)17-5-4-6-18-12/h7-8,13,16H,4-6H2,1-3H3. The third-order valence-corrected chi connectivity index (χ3v) is 3.24. The topological polar surface area (TPSA) is 38.7 Å². The molecule has 0 fully saturated rings. The molecule has 0 amide bonds. The second-order valence-corrected chi connectivity index (χ2v) is 6.06. The lowest BCUT2D eigenvalue weighted by molar-refractivity contribution is 0.0624. The second-order valence-electron chi connectivity index (χ2n) is 5.65. The quantitative estimate of drug-likeness (QED) is 0.848. The van der Waals surface area contributed by atoms with Gasteiger partial charge in [-0.25, -0.2) is 0 Å². The predicted molar refractivity (Wildman–Crippen MR) is 71.5 cm³/mol. The van der Waals surface area contributed by atoms with Gasteiger partial charge in [0.2, 0.25) is 0 Å². The Labute approximate surface area is 113 Å². The molecule has 1 atom stereocenters. The van der Waals surface area contributed by atoms with Crippen molar-refractivity contribution in [2.45, 2.75) is 33.3 Å². The van der Waals surface area contributed by atoms with Crippen LogP contribution in [0.25, 0.3) is 0 Å². The summed E-state index contributed by atoms with van der Waals surface area (Å²) in [7, 11) is 0. The highest BCUT2D eigenvalue weighted by molar-refractivity contribution is 6.32. The molecular weight excluding hydrogens is 252 g/mol. The van der Waals surface area contributed by atoms with Gasteiger partial charge in [-0.1, -0.05) is 32.4 Å². The summed E-state index contributed by atoms with van der Waals surface area (Å²) in [6.45, 7) is 7.16. The molecule has 1 aliphatic rings. The highest BCUT2D eigenvalue weighted by Crippen LogP contribution is 2.42. The van der Waals surface area contributed by atoms with E-state index in [0.29, 0.717) is 29.7 Å². The van der Waals surface area contributed by atoms with Crippen LogP contribution in [0.1, 0.15) is 38.9 Å². The van der Waals surface area contributed by atoms with Crippen LogP contribution in [0.4, 0.5) is 0 Å². The molecule has 1 N–H and O–H groups in total. The number of rotatable bonds is 1. The normalized spacial score (nSPS) is 17.2. The molecule has 0 saturated carbocycles. The Hall–Kier alpha value is -0.930. The lowest BCUT2D eigenvalue weighted by Crippen LogP contribution is -2.17. The third kappa shape index (κ3) is 2.73. The van der Waals surface area contributed by atoms with Crippen LogP contribution < -0.4 is 9.47 Å². The highest BCUT2D eigenvalue weighted by atomic mass is 35.5. The molecule has 4 heteroatoms. The largest absolute Gasteiger partial charge is 0.489 e. The van der Waals surface area contributed by atoms with Crippen molar-refractivity contribution in [3.63, 3.8) is 0 Å². The average molecular weight is 271 g/mol. The number of benzene rings is 1. The number of aliphatic hydroxyl groups is 1. The highest BCUT2D eigenvalue weighted by Gasteiger charge is 2.26. The van der Waals surface area contributed by atoms with Gasteiger partial charge in [-0.15, -0.1) is 0 Å². The van der Waals surface area contributed by atoms with E-state index in [0.717, 1.165) is 12.0 Å². The molecule has 1 heterocycles. The molecule has 1 aromatic rings. The Morgan fingerprint density at radius 3 is 2.56 bits per heavy atom. The molecule has 0 aliphatic carbocycles. The van der Waals surface area contributed by atoms with Crippen molar-refractivity contribution in [1.29, 1.82) is 0 Å². The van der Waals surface area contributed by atoms with Gasteiger partial charge < -0.3 is 14.6 Å². The van der Waals surface area contributed by atoms with Crippen LogP contribution in [0.5, 0.6) is 11.5 Å². The van der Waals surface area contributed by atoms with E-state index in [1.807, 2.05) is 26.8 Å². The predicted octanol–water partition coefficient (Wildman–Crippen LogP) is 3.58. The summed E-state index contributed by atoms with van der Waals surface area (Å²) in [6.07, 6.45) is 0.245. The molecule has 0 spiro atoms. The van der Waals surface area contributed by atoms with Gasteiger partial charge in [0.25, 0.3) is 0 Å². The molecule has 2 rings (SSSR count). The van der Waals surface area contributed by atoms with Crippen molar-refractivity contribution in [1.82, 2.24) is 0 Å². The number of aliphatic hydroxyl groups excluding tert-OH is 1. The van der Waals surface area contributed by atoms with E-state index in [-0.39, 0.29) is 5.41 Å². The summed E-state index contributed by atoms with van der Waals surface area (Å²) in [6, 6.07) is 3.58. The average Bonchev–Trinajstić information content (AvgIpc) is 2.52. The lowest BCUT2D eigenvalue weighted by Gasteiger charge is -2.27. The van der Waals surface area contributed by atoms with E-state index in [9.17, 15) is 5.11 Å². The van der Waals surface area contributed by atoms with Crippen molar-refractivity contribution < 1.29 is 14.6 Å². The fourth-order valence-corrected chi connectivity index (χ4v) is 2.18. The fourth-order valence-electron chi connectivity index (χ4n) is 1.91. The Bertz CT molecular complexity index is 437. The van der Waals surface area contributed by atoms with Gasteiger partial charge in [0.1, 0.15) is 0 Å². The van der Waals surface area contributed by atoms with Gasteiger partial charge in [0, 0.05) is 6.42 Å². The van der Waals surface area contributed by atoms with E-state index < -0.39 is 6.10 Å². The molecule has 0 bridgehead atoms. The summed E-state index contributed by atoms with van der Waals surface area (Å²) >= 11 is 6.20. The molecule has 0 radical (unpaired) electrons. The van der Waals surface area contributed by atoms with E-state index in [1.165, 1.54) is 0 Å². The molecule has 1 unspecified atom stereocenters. The summed E-state index contributed by atoms with van der Waals surface area (Å²) in [5, 5.41) is 10.8. The smallest absolute Gasteiger partial charge is 0.179 e. The number of hydrogen-bond donors (Lipinski definition) is 1. The number of ether oxygens (including phenoxy) is 2. The van der Waals surface area contributed by atoms with Crippen LogP contribution in [0.15, 0.2) is 12.1 Å². The van der Waals surface area contributed by atoms with E-state index in [1.54, 1.807) is 6.07 Å². The summed E-state index contributed by atoms with van der Waals surface area (Å²) < 4.78 is 11.2. The minimum absolute atomic E-state index is 0.247. The molecule has 1 aromatic carbocycles. The van der Waals surface area contributed by atoms with E-state index in [2.05, 4.69) is 0 Å². The third-order valence-electron chi connectivity index (χ3n) is 2.96. The second kappa shape index (κ2) is 4.98. The van der Waals surface area contributed by atoms with Gasteiger partial charge in [0.15, 0.2) is 11.5 Å². The van der Waals surface area contributed by atoms with Crippen LogP contribution in [0, 0.1) is 5.41 Å². The van der Waals surface area contributed by atoms with Crippen molar-refractivity contribution in [3.05, 3.63) is 22.7 Å². The lowest BCUT2D eigenvalue weighted by atomic mass is 9.85. The van der Waals surface area contributed by atoms with Crippen LogP contribution >= 0.6 is 11.6 Å². The van der Waals surface area contributed by atoms with Gasteiger partial charge in [0.05, 0.1) is 24.3 Å². The maximum atomic E-state index is 10.3. The molecule has 100 valence electrons. The Morgan fingerprint density at radius 2 is 1.89 bits per heavy atom. The van der Waals surface area contributed by atoms with E-state index in [4.69, 9.17) is 21.1 Å². The number of fused-ring (bicyclic) bond motifs is 1. The zero-order chi connectivity index (χ0) is 13.3. The fraction of sp³-hybridized carbons (Fsp3) is 0.571. The van der Waals surface area contributed by atoms with Gasteiger partial charge in [-0.05, 0) is 23.1 Å². The van der Waals surface area contributed by atoms with Crippen LogP contribution in [0.2, 0.25) is 5.02 Å². The zero-order valence-corrected chi connectivity index (χ0v) is 11.8. The molecule has 1 aliphatic heterocycles. The Balaban J connectivity index is 2.40. The first-order valence-electron chi connectivity index (χ1n) is 6.16. The van der Waals surface area contributed by atoms with Gasteiger partial charge in [-0.2, -0.15) is 0 Å². The monoisotopic (exact) mass is 270 g/mol. The van der Waals surface area contributed by atoms with Gasteiger partial charge >= 0.3 is 0 Å².